The van der Waals surface area contributed by atoms with Gasteiger partial charge in [0.2, 0.25) is 0 Å². The van der Waals surface area contributed by atoms with Crippen molar-refractivity contribution in [3.05, 3.63) is 12.7 Å². The second-order valence-electron chi connectivity index (χ2n) is 2.69. The van der Waals surface area contributed by atoms with Gasteiger partial charge >= 0.3 is 5.97 Å². The summed E-state index contributed by atoms with van der Waals surface area (Å²) in [6, 6.07) is 2.06. The number of nitrogens with zero attached hydrogens (tertiary/aromatic N) is 1. The van der Waals surface area contributed by atoms with Crippen LogP contribution in [-0.4, -0.2) is 12.6 Å². The van der Waals surface area contributed by atoms with Crippen LogP contribution in [0, 0.1) is 11.3 Å². The molecule has 0 radical (unpaired) electrons. The Morgan fingerprint density at radius 1 is 1.46 bits per heavy atom. The first kappa shape index (κ1) is 11.7. The van der Waals surface area contributed by atoms with E-state index in [1.54, 1.807) is 6.08 Å². The Balaban J connectivity index is 3.17. The average Bonchev–Trinajstić information content (AvgIpc) is 2.14. The zero-order chi connectivity index (χ0) is 9.94. The van der Waals surface area contributed by atoms with Crippen molar-refractivity contribution in [1.82, 2.24) is 0 Å². The first-order chi connectivity index (χ1) is 6.31. The Bertz CT molecular complexity index is 194. The van der Waals surface area contributed by atoms with Crippen molar-refractivity contribution in [2.75, 3.05) is 6.61 Å². The average molecular weight is 181 g/mol. The van der Waals surface area contributed by atoms with Crippen LogP contribution in [0.2, 0.25) is 0 Å². The second-order valence-corrected chi connectivity index (χ2v) is 2.69. The molecule has 0 amide bonds. The van der Waals surface area contributed by atoms with Crippen LogP contribution in [0.5, 0.6) is 0 Å². The van der Waals surface area contributed by atoms with Gasteiger partial charge in [-0.25, -0.2) is 0 Å². The molecule has 72 valence electrons. The van der Waals surface area contributed by atoms with Gasteiger partial charge in [-0.15, -0.1) is 0 Å². The third-order valence-corrected chi connectivity index (χ3v) is 1.53. The third-order valence-electron chi connectivity index (χ3n) is 1.53. The van der Waals surface area contributed by atoms with Crippen molar-refractivity contribution >= 4 is 5.97 Å². The summed E-state index contributed by atoms with van der Waals surface area (Å²) in [5.41, 5.74) is 0. The van der Waals surface area contributed by atoms with E-state index in [0.29, 0.717) is 12.8 Å². The van der Waals surface area contributed by atoms with Crippen molar-refractivity contribution in [3.8, 4) is 6.07 Å². The summed E-state index contributed by atoms with van der Waals surface area (Å²) in [6.45, 7) is 3.73. The molecule has 0 N–H and O–H groups in total. The predicted octanol–water partition coefficient (Wildman–Crippen LogP) is 2.19. The summed E-state index contributed by atoms with van der Waals surface area (Å²) in [5.74, 6) is -0.183. The van der Waals surface area contributed by atoms with E-state index in [0.717, 1.165) is 19.3 Å². The lowest BCUT2D eigenvalue weighted by molar-refractivity contribution is -0.142. The molecule has 3 nitrogen and oxygen atoms in total. The van der Waals surface area contributed by atoms with E-state index in [2.05, 4.69) is 12.6 Å². The number of unbranched alkanes of at least 4 members (excludes halogenated alkanes) is 3. The van der Waals surface area contributed by atoms with E-state index in [9.17, 15) is 4.79 Å². The Morgan fingerprint density at radius 2 is 2.23 bits per heavy atom. The van der Waals surface area contributed by atoms with E-state index in [-0.39, 0.29) is 12.6 Å². The monoisotopic (exact) mass is 181 g/mol. The summed E-state index contributed by atoms with van der Waals surface area (Å²) >= 11 is 0. The standard InChI is InChI=1S/C10H15NO2/c1-2-9-13-10(12)7-5-3-4-6-8-11/h2H,1,3-7,9H2. The number of carbonyl (C=O) groups is 1. The fourth-order valence-corrected chi connectivity index (χ4v) is 0.874. The molecule has 0 aliphatic rings. The number of nitriles is 1. The maximum absolute atomic E-state index is 10.9. The smallest absolute Gasteiger partial charge is 0.306 e. The first-order valence-corrected chi connectivity index (χ1v) is 4.44. The molecule has 0 aromatic heterocycles. The molecule has 13 heavy (non-hydrogen) atoms. The van der Waals surface area contributed by atoms with Crippen LogP contribution in [0.25, 0.3) is 0 Å². The molecular formula is C10H15NO2. The van der Waals surface area contributed by atoms with Crippen molar-refractivity contribution < 1.29 is 9.53 Å². The van der Waals surface area contributed by atoms with Crippen molar-refractivity contribution in [2.24, 2.45) is 0 Å². The number of carbonyl (C=O) groups excluding carboxylic acids is 1. The third kappa shape index (κ3) is 8.61. The highest BCUT2D eigenvalue weighted by Gasteiger charge is 2.00. The summed E-state index contributed by atoms with van der Waals surface area (Å²) < 4.78 is 4.78. The topological polar surface area (TPSA) is 50.1 Å². The van der Waals surface area contributed by atoms with Crippen LogP contribution in [0.4, 0.5) is 0 Å². The number of ether oxygens (including phenoxy) is 1. The molecule has 0 saturated carbocycles. The Morgan fingerprint density at radius 3 is 2.85 bits per heavy atom. The van der Waals surface area contributed by atoms with Gasteiger partial charge < -0.3 is 4.74 Å². The van der Waals surface area contributed by atoms with E-state index in [1.165, 1.54) is 0 Å². The van der Waals surface area contributed by atoms with Gasteiger partial charge in [0.15, 0.2) is 0 Å². The van der Waals surface area contributed by atoms with Crippen molar-refractivity contribution in [1.29, 1.82) is 5.26 Å². The minimum Gasteiger partial charge on any atom is -0.461 e. The molecule has 0 spiro atoms. The van der Waals surface area contributed by atoms with Crippen LogP contribution < -0.4 is 0 Å². The molecule has 0 rings (SSSR count). The van der Waals surface area contributed by atoms with Gasteiger partial charge in [-0.1, -0.05) is 19.1 Å². The first-order valence-electron chi connectivity index (χ1n) is 4.44. The Hall–Kier alpha value is -1.30. The summed E-state index contributed by atoms with van der Waals surface area (Å²) in [4.78, 5) is 10.9. The van der Waals surface area contributed by atoms with Crippen LogP contribution in [0.1, 0.15) is 32.1 Å². The van der Waals surface area contributed by atoms with E-state index in [4.69, 9.17) is 10.00 Å². The van der Waals surface area contributed by atoms with Crippen LogP contribution >= 0.6 is 0 Å². The molecular weight excluding hydrogens is 166 g/mol. The van der Waals surface area contributed by atoms with Gasteiger partial charge in [0.1, 0.15) is 6.61 Å². The lowest BCUT2D eigenvalue weighted by atomic mass is 10.1. The highest BCUT2D eigenvalue weighted by Crippen LogP contribution is 2.03. The molecule has 0 saturated heterocycles. The fraction of sp³-hybridized carbons (Fsp3) is 0.600. The largest absolute Gasteiger partial charge is 0.461 e. The number of rotatable bonds is 7. The normalized spacial score (nSPS) is 8.85. The number of hydrogen-bond donors (Lipinski definition) is 0. The number of hydrogen-bond acceptors (Lipinski definition) is 3. The Labute approximate surface area is 79.0 Å². The summed E-state index contributed by atoms with van der Waals surface area (Å²) in [6.07, 6.45) is 5.15. The molecule has 0 aliphatic heterocycles. The van der Waals surface area contributed by atoms with Gasteiger partial charge in [0, 0.05) is 12.8 Å². The molecule has 0 aromatic carbocycles. The molecule has 0 aromatic rings. The van der Waals surface area contributed by atoms with Gasteiger partial charge in [-0.3, -0.25) is 4.79 Å². The van der Waals surface area contributed by atoms with E-state index < -0.39 is 0 Å². The lowest BCUT2D eigenvalue weighted by Gasteiger charge is -2.00. The van der Waals surface area contributed by atoms with Gasteiger partial charge in [-0.2, -0.15) is 5.26 Å². The molecule has 3 heteroatoms. The van der Waals surface area contributed by atoms with Gasteiger partial charge in [0.05, 0.1) is 6.07 Å². The van der Waals surface area contributed by atoms with E-state index in [1.807, 2.05) is 0 Å². The highest BCUT2D eigenvalue weighted by atomic mass is 16.5. The van der Waals surface area contributed by atoms with Gasteiger partial charge in [0.25, 0.3) is 0 Å². The molecule has 0 unspecified atom stereocenters. The second kappa shape index (κ2) is 8.79. The predicted molar refractivity (Wildman–Crippen MR) is 49.9 cm³/mol. The fourth-order valence-electron chi connectivity index (χ4n) is 0.874. The maximum atomic E-state index is 10.9. The molecule has 0 atom stereocenters. The SMILES string of the molecule is C=CCOC(=O)CCCCCC#N. The number of esters is 1. The zero-order valence-electron chi connectivity index (χ0n) is 7.79. The van der Waals surface area contributed by atoms with E-state index >= 15 is 0 Å². The summed E-state index contributed by atoms with van der Waals surface area (Å²) in [5, 5.41) is 8.24. The maximum Gasteiger partial charge on any atom is 0.306 e. The molecule has 0 aliphatic carbocycles. The molecule has 0 bridgehead atoms. The van der Waals surface area contributed by atoms with Crippen LogP contribution in [-0.2, 0) is 9.53 Å². The quantitative estimate of drug-likeness (QED) is 0.343. The minimum absolute atomic E-state index is 0.183. The molecule has 0 heterocycles. The van der Waals surface area contributed by atoms with Crippen LogP contribution in [0.3, 0.4) is 0 Å². The van der Waals surface area contributed by atoms with Crippen molar-refractivity contribution in [3.63, 3.8) is 0 Å². The lowest BCUT2D eigenvalue weighted by Crippen LogP contribution is -2.03. The Kier molecular flexibility index (Phi) is 7.91. The van der Waals surface area contributed by atoms with Crippen LogP contribution in [0.15, 0.2) is 12.7 Å². The minimum atomic E-state index is -0.183. The summed E-state index contributed by atoms with van der Waals surface area (Å²) in [7, 11) is 0. The zero-order valence-corrected chi connectivity index (χ0v) is 7.79. The molecule has 0 fully saturated rings. The van der Waals surface area contributed by atoms with Gasteiger partial charge in [-0.05, 0) is 12.8 Å². The van der Waals surface area contributed by atoms with Crippen molar-refractivity contribution in [2.45, 2.75) is 32.1 Å². The highest BCUT2D eigenvalue weighted by molar-refractivity contribution is 5.69.